The summed E-state index contributed by atoms with van der Waals surface area (Å²) in [5.41, 5.74) is 0. The molecule has 3 aliphatic rings. The molecule has 19 atom stereocenters. The second kappa shape index (κ2) is 18.0. The largest absolute Gasteiger partial charge is 0.394 e. The first-order chi connectivity index (χ1) is 22.6. The maximum atomic E-state index is 12.3. The van der Waals surface area contributed by atoms with Gasteiger partial charge in [0, 0.05) is 6.92 Å². The van der Waals surface area contributed by atoms with Gasteiger partial charge in [0.05, 0.1) is 26.4 Å². The highest BCUT2D eigenvalue weighted by Crippen LogP contribution is 2.33. The fourth-order valence-electron chi connectivity index (χ4n) is 5.48. The van der Waals surface area contributed by atoms with Gasteiger partial charge in [0.1, 0.15) is 97.6 Å². The highest BCUT2D eigenvalue weighted by atomic mass is 16.7. The van der Waals surface area contributed by atoms with E-state index in [2.05, 4.69) is 5.32 Å². The van der Waals surface area contributed by atoms with E-state index in [4.69, 9.17) is 28.4 Å². The van der Waals surface area contributed by atoms with Crippen LogP contribution >= 0.6 is 0 Å². The molecule has 3 rings (SSSR count). The van der Waals surface area contributed by atoms with Gasteiger partial charge in [-0.05, 0) is 0 Å². The van der Waals surface area contributed by atoms with E-state index >= 15 is 0 Å². The van der Waals surface area contributed by atoms with Gasteiger partial charge in [0.25, 0.3) is 0 Å². The number of hydrogen-bond acceptors (Lipinski definition) is 21. The lowest BCUT2D eigenvalue weighted by Crippen LogP contribution is -2.70. The van der Waals surface area contributed by atoms with E-state index in [1.54, 1.807) is 0 Å². The van der Waals surface area contributed by atoms with Gasteiger partial charge in [0.15, 0.2) is 25.2 Å². The number of carbonyl (C=O) groups is 2. The number of amides is 1. The minimum atomic E-state index is -2.18. The summed E-state index contributed by atoms with van der Waals surface area (Å²) >= 11 is 0. The fraction of sp³-hybridized carbons (Fsp3) is 0.923. The molecule has 0 spiro atoms. The number of nitrogens with one attached hydrogen (secondary N) is 1. The molecule has 0 aromatic rings. The Morgan fingerprint density at radius 3 is 1.73 bits per heavy atom. The third-order valence-corrected chi connectivity index (χ3v) is 8.16. The predicted molar refractivity (Wildman–Crippen MR) is 147 cm³/mol. The smallest absolute Gasteiger partial charge is 0.217 e. The van der Waals surface area contributed by atoms with Crippen LogP contribution in [0.4, 0.5) is 0 Å². The van der Waals surface area contributed by atoms with Crippen LogP contribution in [0.15, 0.2) is 0 Å². The van der Waals surface area contributed by atoms with Crippen LogP contribution in [0.3, 0.4) is 0 Å². The van der Waals surface area contributed by atoms with E-state index in [0.717, 1.165) is 6.92 Å². The third-order valence-electron chi connectivity index (χ3n) is 8.16. The minimum Gasteiger partial charge on any atom is -0.394 e. The molecule has 48 heavy (non-hydrogen) atoms. The average Bonchev–Trinajstić information content (AvgIpc) is 3.07. The number of aldehydes is 1. The summed E-state index contributed by atoms with van der Waals surface area (Å²) in [5, 5.41) is 135. The number of ether oxygens (including phenoxy) is 6. The molecule has 0 aromatic heterocycles. The average molecular weight is 708 g/mol. The van der Waals surface area contributed by atoms with Gasteiger partial charge < -0.3 is 105 Å². The van der Waals surface area contributed by atoms with Crippen molar-refractivity contribution in [2.75, 3.05) is 26.4 Å². The molecule has 3 aliphatic heterocycles. The summed E-state index contributed by atoms with van der Waals surface area (Å²) in [6.45, 7) is -2.76. The lowest BCUT2D eigenvalue weighted by molar-refractivity contribution is -0.371. The number of aliphatic hydroxyl groups is 13. The van der Waals surface area contributed by atoms with E-state index in [1.807, 2.05) is 0 Å². The topological polar surface area (TPSA) is 365 Å². The summed E-state index contributed by atoms with van der Waals surface area (Å²) in [6, 6.07) is -1.64. The van der Waals surface area contributed by atoms with Crippen LogP contribution < -0.4 is 5.32 Å². The van der Waals surface area contributed by atoms with Gasteiger partial charge in [-0.25, -0.2) is 0 Å². The molecular weight excluding hydrogens is 662 g/mol. The monoisotopic (exact) mass is 707 g/mol. The van der Waals surface area contributed by atoms with Crippen molar-refractivity contribution < 1.29 is 104 Å². The van der Waals surface area contributed by atoms with E-state index in [9.17, 15) is 76.0 Å². The molecule has 0 unspecified atom stereocenters. The van der Waals surface area contributed by atoms with E-state index < -0.39 is 149 Å². The van der Waals surface area contributed by atoms with Crippen molar-refractivity contribution >= 4 is 12.2 Å². The van der Waals surface area contributed by atoms with Crippen molar-refractivity contribution in [2.24, 2.45) is 0 Å². The van der Waals surface area contributed by atoms with Crippen molar-refractivity contribution in [3.05, 3.63) is 0 Å². The first-order valence-electron chi connectivity index (χ1n) is 14.9. The molecule has 14 N–H and O–H groups in total. The normalized spacial score (nSPS) is 43.2. The van der Waals surface area contributed by atoms with Crippen LogP contribution in [0.1, 0.15) is 6.92 Å². The molecular formula is C26H45NO21. The molecule has 0 saturated carbocycles. The quantitative estimate of drug-likeness (QED) is 0.0702. The molecule has 22 heteroatoms. The fourth-order valence-corrected chi connectivity index (χ4v) is 5.48. The van der Waals surface area contributed by atoms with Crippen molar-refractivity contribution in [3.63, 3.8) is 0 Å². The second-order valence-electron chi connectivity index (χ2n) is 11.5. The van der Waals surface area contributed by atoms with Crippen molar-refractivity contribution in [2.45, 2.75) is 123 Å². The van der Waals surface area contributed by atoms with Crippen molar-refractivity contribution in [1.29, 1.82) is 0 Å². The Morgan fingerprint density at radius 1 is 0.708 bits per heavy atom. The van der Waals surface area contributed by atoms with Crippen LogP contribution in [0, 0.1) is 0 Å². The molecule has 0 bridgehead atoms. The maximum absolute atomic E-state index is 12.3. The summed E-state index contributed by atoms with van der Waals surface area (Å²) in [4.78, 5) is 23.3. The number of aliphatic hydroxyl groups excluding tert-OH is 13. The lowest BCUT2D eigenvalue weighted by atomic mass is 9.94. The van der Waals surface area contributed by atoms with Crippen LogP contribution in [0.5, 0.6) is 0 Å². The van der Waals surface area contributed by atoms with Gasteiger partial charge in [-0.2, -0.15) is 0 Å². The molecule has 0 aliphatic carbocycles. The molecule has 0 aromatic carbocycles. The summed E-state index contributed by atoms with van der Waals surface area (Å²) in [5.74, 6) is -0.791. The predicted octanol–water partition coefficient (Wildman–Crippen LogP) is -9.76. The molecule has 0 radical (unpaired) electrons. The van der Waals surface area contributed by atoms with Gasteiger partial charge in [-0.3, -0.25) is 4.79 Å². The maximum Gasteiger partial charge on any atom is 0.217 e. The molecule has 3 heterocycles. The van der Waals surface area contributed by atoms with Gasteiger partial charge in [0.2, 0.25) is 5.91 Å². The summed E-state index contributed by atoms with van der Waals surface area (Å²) in [7, 11) is 0. The van der Waals surface area contributed by atoms with Crippen LogP contribution in [0.25, 0.3) is 0 Å². The highest BCUT2D eigenvalue weighted by molar-refractivity contribution is 5.73. The minimum absolute atomic E-state index is 0.104. The molecule has 3 saturated heterocycles. The molecule has 280 valence electrons. The highest BCUT2D eigenvalue weighted by Gasteiger charge is 2.55. The summed E-state index contributed by atoms with van der Waals surface area (Å²) in [6.07, 6.45) is -34.1. The Kier molecular flexibility index (Phi) is 15.3. The second-order valence-corrected chi connectivity index (χ2v) is 11.5. The zero-order chi connectivity index (χ0) is 36.0. The van der Waals surface area contributed by atoms with Gasteiger partial charge in [-0.1, -0.05) is 0 Å². The van der Waals surface area contributed by atoms with Gasteiger partial charge in [-0.15, -0.1) is 0 Å². The first kappa shape index (κ1) is 40.8. The molecule has 22 nitrogen and oxygen atoms in total. The van der Waals surface area contributed by atoms with Crippen molar-refractivity contribution in [1.82, 2.24) is 5.32 Å². The summed E-state index contributed by atoms with van der Waals surface area (Å²) < 4.78 is 33.2. The Labute approximate surface area is 272 Å². The Hall–Kier alpha value is -1.62. The van der Waals surface area contributed by atoms with Crippen molar-refractivity contribution in [3.8, 4) is 0 Å². The van der Waals surface area contributed by atoms with Crippen LogP contribution in [0.2, 0.25) is 0 Å². The zero-order valence-corrected chi connectivity index (χ0v) is 25.5. The Morgan fingerprint density at radius 2 is 1.21 bits per heavy atom. The van der Waals surface area contributed by atoms with Crippen LogP contribution in [-0.4, -0.2) is 221 Å². The van der Waals surface area contributed by atoms with E-state index in [-0.39, 0.29) is 6.29 Å². The number of hydrogen-bond donors (Lipinski definition) is 14. The SMILES string of the molecule is CC(=O)N[C@H]1[C@H](O[C@H]2[C@@H](O)[C@@H](CO)O[C@@H](O[C@@H]([C@H](O)[C@@H](O)C=O)[C@H](O)CO)[C@@H]2O)O[C@H](CO)[C@@H](O)[C@@H]1O[C@@H]1O[C@H](CO)[C@H](O)[C@H](O)[C@H]1O. The number of carbonyl (C=O) groups excluding carboxylic acids is 2. The lowest BCUT2D eigenvalue weighted by Gasteiger charge is -2.49. The standard InChI is InChI=1S/C26H45NO21/c1-7(33)27-13-22(47-25-19(41)18(40)15(37)10(4-30)44-25)16(38)11(5-31)43-24(13)48-23-17(39)12(6-32)45-26(20(23)42)46-21(9(35)3-29)14(36)8(34)2-28/h2,8-26,29-32,34-42H,3-6H2,1H3,(H,27,33)/t8-,9+,10+,11+,12+,13+,14+,15-,16+,17-,18-,19+,20+,21+,22+,23-,24-,25-,26-/m0/s1. The Balaban J connectivity index is 1.94. The number of rotatable bonds is 15. The molecule has 1 amide bonds. The molecule has 3 fully saturated rings. The third kappa shape index (κ3) is 8.99. The zero-order valence-electron chi connectivity index (χ0n) is 25.5. The Bertz CT molecular complexity index is 1010. The first-order valence-corrected chi connectivity index (χ1v) is 14.9. The van der Waals surface area contributed by atoms with E-state index in [1.165, 1.54) is 0 Å². The van der Waals surface area contributed by atoms with E-state index in [0.29, 0.717) is 0 Å². The van der Waals surface area contributed by atoms with Crippen LogP contribution in [-0.2, 0) is 38.0 Å². The van der Waals surface area contributed by atoms with Gasteiger partial charge >= 0.3 is 0 Å².